The first-order valence-corrected chi connectivity index (χ1v) is 14.4. The molecule has 5 rings (SSSR count). The minimum Gasteiger partial charge on any atom is -0.464 e. The number of amides is 1. The zero-order chi connectivity index (χ0) is 29.7. The standard InChI is InChI=1S/C32H40N2O7/c1-6-40-30(39)27-28(37)34-17-20(8-12-26(34)33(27)5)15-22-16-21(29(38)41-22)9-10-23-19(2)7-11-24-31(23,3)14-13-25(36)32(24,4)18-35/h8-10,12,15-17,23-27,35-36H,2,6-7,11,13-14,18H2,1,3-5H3/b10-9+,22-15+/t23?,24?,25-,26?,27?,31-,32+/m1/s1. The normalized spacial score (nSPS) is 38.2. The van der Waals surface area contributed by atoms with E-state index in [-0.39, 0.29) is 36.4 Å². The van der Waals surface area contributed by atoms with E-state index >= 15 is 0 Å². The number of aliphatic hydroxyl groups excluding tert-OH is 2. The van der Waals surface area contributed by atoms with Crippen LogP contribution in [0.25, 0.3) is 0 Å². The molecule has 0 aromatic carbocycles. The molecule has 2 N–H and O–H groups in total. The number of ether oxygens (including phenoxy) is 2. The zero-order valence-electron chi connectivity index (χ0n) is 24.2. The third-order valence-corrected chi connectivity index (χ3v) is 9.93. The highest BCUT2D eigenvalue weighted by Crippen LogP contribution is 2.61. The summed E-state index contributed by atoms with van der Waals surface area (Å²) >= 11 is 0. The van der Waals surface area contributed by atoms with Crippen LogP contribution < -0.4 is 0 Å². The van der Waals surface area contributed by atoms with Gasteiger partial charge in [0, 0.05) is 17.5 Å². The van der Waals surface area contributed by atoms with Crippen LogP contribution in [0.2, 0.25) is 0 Å². The van der Waals surface area contributed by atoms with Gasteiger partial charge in [0.25, 0.3) is 5.91 Å². The van der Waals surface area contributed by atoms with Crippen LogP contribution in [0.4, 0.5) is 0 Å². The molecule has 3 fully saturated rings. The second kappa shape index (κ2) is 10.9. The largest absolute Gasteiger partial charge is 0.464 e. The van der Waals surface area contributed by atoms with Crippen LogP contribution in [0.3, 0.4) is 0 Å². The Morgan fingerprint density at radius 3 is 2.76 bits per heavy atom. The van der Waals surface area contributed by atoms with E-state index < -0.39 is 35.7 Å². The molecule has 2 saturated carbocycles. The molecule has 0 spiro atoms. The first kappa shape index (κ1) is 29.2. The Balaban J connectivity index is 1.35. The molecule has 41 heavy (non-hydrogen) atoms. The highest BCUT2D eigenvalue weighted by molar-refractivity contribution is 6.04. The van der Waals surface area contributed by atoms with Gasteiger partial charge in [-0.2, -0.15) is 0 Å². The van der Waals surface area contributed by atoms with E-state index in [2.05, 4.69) is 13.5 Å². The van der Waals surface area contributed by atoms with Crippen molar-refractivity contribution in [2.45, 2.75) is 64.8 Å². The maximum Gasteiger partial charge on any atom is 0.343 e. The molecule has 5 aliphatic rings. The second-order valence-corrected chi connectivity index (χ2v) is 12.3. The molecule has 2 aliphatic carbocycles. The van der Waals surface area contributed by atoms with E-state index in [9.17, 15) is 24.6 Å². The van der Waals surface area contributed by atoms with Gasteiger partial charge in [-0.15, -0.1) is 0 Å². The van der Waals surface area contributed by atoms with Crippen LogP contribution in [0.1, 0.15) is 46.5 Å². The Hall–Kier alpha value is -3.27. The van der Waals surface area contributed by atoms with Crippen molar-refractivity contribution >= 4 is 17.8 Å². The lowest BCUT2D eigenvalue weighted by Gasteiger charge is -2.59. The van der Waals surface area contributed by atoms with Gasteiger partial charge >= 0.3 is 11.9 Å². The van der Waals surface area contributed by atoms with Crippen LogP contribution in [-0.4, -0.2) is 76.4 Å². The van der Waals surface area contributed by atoms with Gasteiger partial charge < -0.3 is 19.7 Å². The monoisotopic (exact) mass is 564 g/mol. The quantitative estimate of drug-likeness (QED) is 0.287. The van der Waals surface area contributed by atoms with E-state index in [1.54, 1.807) is 43.3 Å². The number of nitrogens with zero attached hydrogens (tertiary/aromatic N) is 2. The van der Waals surface area contributed by atoms with E-state index in [0.717, 1.165) is 24.8 Å². The third-order valence-electron chi connectivity index (χ3n) is 9.93. The highest BCUT2D eigenvalue weighted by atomic mass is 16.5. The Morgan fingerprint density at radius 2 is 2.05 bits per heavy atom. The van der Waals surface area contributed by atoms with Crippen molar-refractivity contribution in [2.24, 2.45) is 22.7 Å². The molecule has 0 radical (unpaired) electrons. The first-order valence-electron chi connectivity index (χ1n) is 14.4. The van der Waals surface area contributed by atoms with Gasteiger partial charge in [0.15, 0.2) is 6.04 Å². The molecular weight excluding hydrogens is 524 g/mol. The van der Waals surface area contributed by atoms with Crippen molar-refractivity contribution < 1.29 is 34.1 Å². The Labute approximate surface area is 241 Å². The van der Waals surface area contributed by atoms with Gasteiger partial charge in [-0.3, -0.25) is 14.6 Å². The molecule has 1 saturated heterocycles. The summed E-state index contributed by atoms with van der Waals surface area (Å²) in [4.78, 5) is 41.2. The summed E-state index contributed by atoms with van der Waals surface area (Å²) < 4.78 is 10.6. The number of cyclic esters (lactones) is 1. The van der Waals surface area contributed by atoms with Crippen LogP contribution in [0.5, 0.6) is 0 Å². The van der Waals surface area contributed by atoms with Gasteiger partial charge in [-0.1, -0.05) is 44.2 Å². The van der Waals surface area contributed by atoms with Crippen molar-refractivity contribution in [1.82, 2.24) is 9.80 Å². The van der Waals surface area contributed by atoms with E-state index in [1.807, 2.05) is 25.2 Å². The molecule has 9 nitrogen and oxygen atoms in total. The first-order chi connectivity index (χ1) is 19.4. The number of allylic oxidation sites excluding steroid dienone is 6. The average molecular weight is 565 g/mol. The van der Waals surface area contributed by atoms with Gasteiger partial charge in [-0.05, 0) is 74.8 Å². The van der Waals surface area contributed by atoms with Crippen molar-refractivity contribution in [3.05, 3.63) is 71.7 Å². The molecule has 0 bridgehead atoms. The Bertz CT molecular complexity index is 1310. The fraction of sp³-hybridized carbons (Fsp3) is 0.531. The number of likely N-dealkylation sites (N-methyl/N-ethyl adjacent to an activating group) is 1. The van der Waals surface area contributed by atoms with Gasteiger partial charge in [0.2, 0.25) is 0 Å². The van der Waals surface area contributed by atoms with Crippen molar-refractivity contribution in [2.75, 3.05) is 20.3 Å². The number of carbonyl (C=O) groups excluding carboxylic acids is 3. The smallest absolute Gasteiger partial charge is 0.343 e. The molecule has 220 valence electrons. The van der Waals surface area contributed by atoms with Gasteiger partial charge in [0.05, 0.1) is 24.9 Å². The van der Waals surface area contributed by atoms with Crippen molar-refractivity contribution in [1.29, 1.82) is 0 Å². The predicted molar refractivity (Wildman–Crippen MR) is 151 cm³/mol. The van der Waals surface area contributed by atoms with Crippen LogP contribution in [-0.2, 0) is 23.9 Å². The Kier molecular flexibility index (Phi) is 7.74. The molecule has 4 unspecified atom stereocenters. The van der Waals surface area contributed by atoms with Crippen LogP contribution in [0, 0.1) is 22.7 Å². The number of hydrogen-bond donors (Lipinski definition) is 2. The number of carbonyl (C=O) groups is 3. The zero-order valence-corrected chi connectivity index (χ0v) is 24.2. The second-order valence-electron chi connectivity index (χ2n) is 12.3. The van der Waals surface area contributed by atoms with E-state index in [4.69, 9.17) is 9.47 Å². The van der Waals surface area contributed by atoms with Crippen LogP contribution >= 0.6 is 0 Å². The molecule has 0 aromatic heterocycles. The van der Waals surface area contributed by atoms with Gasteiger partial charge in [-0.25, -0.2) is 9.59 Å². The van der Waals surface area contributed by atoms with E-state index in [1.165, 1.54) is 4.90 Å². The highest BCUT2D eigenvalue weighted by Gasteiger charge is 2.57. The lowest BCUT2D eigenvalue weighted by atomic mass is 9.46. The number of aliphatic hydroxyl groups is 2. The predicted octanol–water partition coefficient (Wildman–Crippen LogP) is 3.14. The number of fused-ring (bicyclic) bond motifs is 2. The summed E-state index contributed by atoms with van der Waals surface area (Å²) in [5.41, 5.74) is 1.37. The van der Waals surface area contributed by atoms with Crippen LogP contribution in [0.15, 0.2) is 71.7 Å². The average Bonchev–Trinajstić information content (AvgIpc) is 3.40. The molecular formula is C32H40N2O7. The minimum absolute atomic E-state index is 0.00668. The summed E-state index contributed by atoms with van der Waals surface area (Å²) in [6.45, 7) is 10.3. The van der Waals surface area contributed by atoms with Crippen molar-refractivity contribution in [3.63, 3.8) is 0 Å². The minimum atomic E-state index is -1.01. The maximum atomic E-state index is 13.0. The lowest BCUT2D eigenvalue weighted by Crippen LogP contribution is -2.57. The summed E-state index contributed by atoms with van der Waals surface area (Å²) in [5, 5.41) is 21.0. The fourth-order valence-electron chi connectivity index (χ4n) is 7.59. The number of hydrogen-bond acceptors (Lipinski definition) is 8. The third kappa shape index (κ3) is 4.83. The molecule has 1 amide bonds. The maximum absolute atomic E-state index is 13.0. The SMILES string of the molecule is C=C1CCC2[C@](C)(CC[C@@H](O)[C@@]2(C)CO)C1/C=C/C1=CC(=C\C2=CN3C(=O)C(C(=O)OCC)N(C)C3C=C2)/OC1=O. The summed E-state index contributed by atoms with van der Waals surface area (Å²) in [6.07, 6.45) is 14.6. The molecule has 7 atom stereocenters. The van der Waals surface area contributed by atoms with Crippen molar-refractivity contribution in [3.8, 4) is 0 Å². The number of rotatable bonds is 6. The fourth-order valence-corrected chi connectivity index (χ4v) is 7.59. The van der Waals surface area contributed by atoms with E-state index in [0.29, 0.717) is 23.3 Å². The summed E-state index contributed by atoms with van der Waals surface area (Å²) in [6, 6.07) is -1.01. The summed E-state index contributed by atoms with van der Waals surface area (Å²) in [7, 11) is 1.70. The number of esters is 2. The molecule has 9 heteroatoms. The molecule has 0 aromatic rings. The topological polar surface area (TPSA) is 117 Å². The molecule has 3 aliphatic heterocycles. The van der Waals surface area contributed by atoms with Gasteiger partial charge in [0.1, 0.15) is 11.9 Å². The lowest BCUT2D eigenvalue weighted by molar-refractivity contribution is -0.151. The molecule has 3 heterocycles. The summed E-state index contributed by atoms with van der Waals surface area (Å²) in [5.74, 6) is -0.947. The Morgan fingerprint density at radius 1 is 1.29 bits per heavy atom.